The molecule has 144 valence electrons. The van der Waals surface area contributed by atoms with Gasteiger partial charge in [-0.25, -0.2) is 4.79 Å². The molecule has 2 aromatic carbocycles. The van der Waals surface area contributed by atoms with Crippen molar-refractivity contribution in [3.63, 3.8) is 0 Å². The van der Waals surface area contributed by atoms with Crippen molar-refractivity contribution in [2.75, 3.05) is 5.32 Å². The van der Waals surface area contributed by atoms with Gasteiger partial charge in [0.2, 0.25) is 6.10 Å². The zero-order valence-corrected chi connectivity index (χ0v) is 14.4. The van der Waals surface area contributed by atoms with Crippen molar-refractivity contribution in [1.82, 2.24) is 4.98 Å². The second-order valence-corrected chi connectivity index (χ2v) is 5.85. The van der Waals surface area contributed by atoms with Gasteiger partial charge in [-0.15, -0.1) is 0 Å². The number of anilines is 1. The lowest BCUT2D eigenvalue weighted by Crippen LogP contribution is -2.26. The molecule has 28 heavy (non-hydrogen) atoms. The lowest BCUT2D eigenvalue weighted by atomic mass is 10.1. The van der Waals surface area contributed by atoms with Crippen molar-refractivity contribution in [2.24, 2.45) is 0 Å². The second-order valence-electron chi connectivity index (χ2n) is 5.85. The molecular formula is C20H15F3N2O3. The number of aromatic amines is 1. The third-order valence-corrected chi connectivity index (χ3v) is 3.84. The van der Waals surface area contributed by atoms with Gasteiger partial charge in [-0.1, -0.05) is 36.4 Å². The van der Waals surface area contributed by atoms with E-state index < -0.39 is 29.7 Å². The summed E-state index contributed by atoms with van der Waals surface area (Å²) in [6.07, 6.45) is -4.36. The molecule has 0 aliphatic rings. The van der Waals surface area contributed by atoms with Gasteiger partial charge in [0.05, 0.1) is 5.56 Å². The van der Waals surface area contributed by atoms with E-state index in [2.05, 4.69) is 10.3 Å². The van der Waals surface area contributed by atoms with Gasteiger partial charge in [0.25, 0.3) is 5.91 Å². The molecule has 0 saturated heterocycles. The highest BCUT2D eigenvalue weighted by molar-refractivity contribution is 5.97. The van der Waals surface area contributed by atoms with Crippen LogP contribution in [0.3, 0.4) is 0 Å². The van der Waals surface area contributed by atoms with Crippen LogP contribution in [0.15, 0.2) is 72.9 Å². The number of carbonyl (C=O) groups excluding carboxylic acids is 2. The van der Waals surface area contributed by atoms with Gasteiger partial charge in [-0.2, -0.15) is 13.2 Å². The predicted octanol–water partition coefficient (Wildman–Crippen LogP) is 4.57. The fourth-order valence-electron chi connectivity index (χ4n) is 2.51. The highest BCUT2D eigenvalue weighted by atomic mass is 19.4. The Morgan fingerprint density at radius 2 is 1.71 bits per heavy atom. The Bertz CT molecular complexity index is 954. The molecule has 0 aliphatic carbocycles. The summed E-state index contributed by atoms with van der Waals surface area (Å²) in [6, 6.07) is 15.5. The molecule has 1 aromatic heterocycles. The van der Waals surface area contributed by atoms with Gasteiger partial charge in [0.15, 0.2) is 0 Å². The molecule has 1 atom stereocenters. The maximum absolute atomic E-state index is 12.9. The normalized spacial score (nSPS) is 12.2. The number of rotatable bonds is 5. The van der Waals surface area contributed by atoms with Crippen LogP contribution in [-0.2, 0) is 15.7 Å². The van der Waals surface area contributed by atoms with Crippen LogP contribution in [-0.4, -0.2) is 16.9 Å². The van der Waals surface area contributed by atoms with E-state index in [0.717, 1.165) is 12.1 Å². The molecule has 0 radical (unpaired) electrons. The summed E-state index contributed by atoms with van der Waals surface area (Å²) in [5.41, 5.74) is -0.429. The van der Waals surface area contributed by atoms with Crippen LogP contribution < -0.4 is 5.32 Å². The molecule has 8 heteroatoms. The number of nitrogens with one attached hydrogen (secondary N) is 2. The quantitative estimate of drug-likeness (QED) is 0.629. The fourth-order valence-corrected chi connectivity index (χ4v) is 2.51. The van der Waals surface area contributed by atoms with E-state index in [1.54, 1.807) is 36.4 Å². The maximum atomic E-state index is 12.9. The van der Waals surface area contributed by atoms with E-state index in [1.807, 2.05) is 0 Å². The Kier molecular flexibility index (Phi) is 5.49. The van der Waals surface area contributed by atoms with Crippen LogP contribution in [0.5, 0.6) is 0 Å². The molecule has 3 rings (SSSR count). The average molecular weight is 388 g/mol. The molecule has 0 unspecified atom stereocenters. The highest BCUT2D eigenvalue weighted by Gasteiger charge is 2.31. The van der Waals surface area contributed by atoms with Crippen molar-refractivity contribution >= 4 is 17.6 Å². The first-order chi connectivity index (χ1) is 13.3. The molecule has 2 N–H and O–H groups in total. The minimum atomic E-state index is -4.54. The van der Waals surface area contributed by atoms with Gasteiger partial charge in [-0.3, -0.25) is 4.79 Å². The van der Waals surface area contributed by atoms with Crippen LogP contribution >= 0.6 is 0 Å². The van der Waals surface area contributed by atoms with E-state index in [9.17, 15) is 22.8 Å². The first-order valence-corrected chi connectivity index (χ1v) is 8.22. The first-order valence-electron chi connectivity index (χ1n) is 8.22. The number of amides is 1. The Hall–Kier alpha value is -3.55. The number of halogens is 3. The van der Waals surface area contributed by atoms with Crippen molar-refractivity contribution < 1.29 is 27.5 Å². The number of ether oxygens (including phenoxy) is 1. The summed E-state index contributed by atoms with van der Waals surface area (Å²) < 4.78 is 43.9. The molecule has 0 bridgehead atoms. The van der Waals surface area contributed by atoms with Crippen molar-refractivity contribution in [2.45, 2.75) is 12.3 Å². The van der Waals surface area contributed by atoms with Crippen molar-refractivity contribution in [1.29, 1.82) is 0 Å². The third kappa shape index (κ3) is 4.59. The number of esters is 1. The minimum absolute atomic E-state index is 0.0586. The van der Waals surface area contributed by atoms with E-state index in [-0.39, 0.29) is 11.4 Å². The van der Waals surface area contributed by atoms with Gasteiger partial charge in [0, 0.05) is 17.4 Å². The van der Waals surface area contributed by atoms with Gasteiger partial charge >= 0.3 is 12.1 Å². The summed E-state index contributed by atoms with van der Waals surface area (Å²) in [5.74, 6) is -1.54. The minimum Gasteiger partial charge on any atom is -0.443 e. The maximum Gasteiger partial charge on any atom is 0.416 e. The smallest absolute Gasteiger partial charge is 0.416 e. The third-order valence-electron chi connectivity index (χ3n) is 3.84. The molecule has 1 amide bonds. The SMILES string of the molecule is O=C(O[C@@H](C(=O)Nc1cccc(C(F)(F)F)c1)c1ccccc1)c1ccc[nH]1. The van der Waals surface area contributed by atoms with Gasteiger partial charge in [-0.05, 0) is 30.3 Å². The molecule has 0 spiro atoms. The Balaban J connectivity index is 1.84. The fraction of sp³-hybridized carbons (Fsp3) is 0.100. The summed E-state index contributed by atoms with van der Waals surface area (Å²) in [6.45, 7) is 0. The van der Waals surface area contributed by atoms with E-state index in [1.165, 1.54) is 24.4 Å². The van der Waals surface area contributed by atoms with Crippen LogP contribution in [0.4, 0.5) is 18.9 Å². The monoisotopic (exact) mass is 388 g/mol. The summed E-state index contributed by atoms with van der Waals surface area (Å²) >= 11 is 0. The molecular weight excluding hydrogens is 373 g/mol. The number of carbonyl (C=O) groups is 2. The summed E-state index contributed by atoms with van der Waals surface area (Å²) in [5, 5.41) is 2.38. The lowest BCUT2D eigenvalue weighted by molar-refractivity contribution is -0.137. The Labute approximate surface area is 158 Å². The van der Waals surface area contributed by atoms with Crippen LogP contribution in [0.2, 0.25) is 0 Å². The Morgan fingerprint density at radius 1 is 0.964 bits per heavy atom. The first kappa shape index (κ1) is 19.2. The van der Waals surface area contributed by atoms with Gasteiger partial charge < -0.3 is 15.0 Å². The molecule has 3 aromatic rings. The average Bonchev–Trinajstić information content (AvgIpc) is 3.21. The van der Waals surface area contributed by atoms with Crippen LogP contribution in [0.1, 0.15) is 27.7 Å². The van der Waals surface area contributed by atoms with E-state index in [0.29, 0.717) is 5.56 Å². The van der Waals surface area contributed by atoms with Crippen LogP contribution in [0, 0.1) is 0 Å². The zero-order valence-electron chi connectivity index (χ0n) is 14.4. The summed E-state index contributed by atoms with van der Waals surface area (Å²) in [4.78, 5) is 27.6. The topological polar surface area (TPSA) is 71.2 Å². The zero-order chi connectivity index (χ0) is 20.1. The molecule has 5 nitrogen and oxygen atoms in total. The number of H-pyrrole nitrogens is 1. The number of benzene rings is 2. The Morgan fingerprint density at radius 3 is 2.36 bits per heavy atom. The van der Waals surface area contributed by atoms with Gasteiger partial charge in [0.1, 0.15) is 5.69 Å². The number of hydrogen-bond donors (Lipinski definition) is 2. The van der Waals surface area contributed by atoms with Crippen LogP contribution in [0.25, 0.3) is 0 Å². The van der Waals surface area contributed by atoms with E-state index in [4.69, 9.17) is 4.74 Å². The standard InChI is InChI=1S/C20H15F3N2O3/c21-20(22,23)14-8-4-9-15(12-14)25-18(26)17(13-6-2-1-3-7-13)28-19(27)16-10-5-11-24-16/h1-12,17,24H,(H,25,26)/t17-/m1/s1. The molecule has 0 aliphatic heterocycles. The molecule has 1 heterocycles. The highest BCUT2D eigenvalue weighted by Crippen LogP contribution is 2.31. The molecule has 0 saturated carbocycles. The van der Waals surface area contributed by atoms with E-state index >= 15 is 0 Å². The largest absolute Gasteiger partial charge is 0.443 e. The van der Waals surface area contributed by atoms with Crippen molar-refractivity contribution in [3.8, 4) is 0 Å². The lowest BCUT2D eigenvalue weighted by Gasteiger charge is -2.18. The number of alkyl halides is 3. The second kappa shape index (κ2) is 7.99. The number of aromatic nitrogens is 1. The predicted molar refractivity (Wildman–Crippen MR) is 95.5 cm³/mol. The molecule has 0 fully saturated rings. The number of hydrogen-bond acceptors (Lipinski definition) is 3. The van der Waals surface area contributed by atoms with Crippen molar-refractivity contribution in [3.05, 3.63) is 89.7 Å². The summed E-state index contributed by atoms with van der Waals surface area (Å²) in [7, 11) is 0.